The van der Waals surface area contributed by atoms with E-state index in [9.17, 15) is 13.2 Å². The Balaban J connectivity index is 2.43. The first kappa shape index (κ1) is 17.1. The van der Waals surface area contributed by atoms with Gasteiger partial charge in [0.2, 0.25) is 5.91 Å². The number of benzene rings is 1. The topological polar surface area (TPSA) is 75.3 Å². The Kier molecular flexibility index (Phi) is 5.73. The summed E-state index contributed by atoms with van der Waals surface area (Å²) in [7, 11) is -3.16. The van der Waals surface area contributed by atoms with Crippen molar-refractivity contribution in [1.82, 2.24) is 5.32 Å². The van der Waals surface area contributed by atoms with Crippen molar-refractivity contribution in [2.45, 2.75) is 18.6 Å². The van der Waals surface area contributed by atoms with Gasteiger partial charge in [-0.3, -0.25) is 4.79 Å². The Morgan fingerprint density at radius 2 is 1.80 bits per heavy atom. The van der Waals surface area contributed by atoms with E-state index in [2.05, 4.69) is 26.6 Å². The van der Waals surface area contributed by atoms with Crippen LogP contribution in [0.5, 0.6) is 0 Å². The summed E-state index contributed by atoms with van der Waals surface area (Å²) in [4.78, 5) is 11.7. The number of anilines is 1. The Bertz CT molecular complexity index is 568. The van der Waals surface area contributed by atoms with Crippen molar-refractivity contribution in [3.63, 3.8) is 0 Å². The van der Waals surface area contributed by atoms with Gasteiger partial charge < -0.3 is 10.6 Å². The van der Waals surface area contributed by atoms with Gasteiger partial charge in [-0.2, -0.15) is 0 Å². The lowest BCUT2D eigenvalue weighted by atomic mass is 10.2. The van der Waals surface area contributed by atoms with Gasteiger partial charge >= 0.3 is 0 Å². The van der Waals surface area contributed by atoms with Crippen molar-refractivity contribution in [2.24, 2.45) is 0 Å². The average molecular weight is 363 g/mol. The normalized spacial score (nSPS) is 12.2. The number of carbonyl (C=O) groups excluding carboxylic acids is 1. The minimum atomic E-state index is -3.16. The third-order valence-corrected chi connectivity index (χ3v) is 5.65. The molecule has 0 bridgehead atoms. The fraction of sp³-hybridized carbons (Fsp3) is 0.462. The SMILES string of the molecule is CC(C)(CNCC(=O)Nc1ccc(Br)cc1)S(C)(=O)=O. The minimum absolute atomic E-state index is 0.0645. The minimum Gasteiger partial charge on any atom is -0.325 e. The van der Waals surface area contributed by atoms with Gasteiger partial charge in [-0.15, -0.1) is 0 Å². The van der Waals surface area contributed by atoms with E-state index < -0.39 is 14.6 Å². The van der Waals surface area contributed by atoms with E-state index in [1.54, 1.807) is 26.0 Å². The zero-order chi connectivity index (χ0) is 15.4. The van der Waals surface area contributed by atoms with E-state index in [4.69, 9.17) is 0 Å². The Morgan fingerprint density at radius 3 is 2.30 bits per heavy atom. The molecule has 0 heterocycles. The standard InChI is InChI=1S/C13H19BrN2O3S/c1-13(2,20(3,18)19)9-15-8-12(17)16-11-6-4-10(14)5-7-11/h4-7,15H,8-9H2,1-3H3,(H,16,17). The van der Waals surface area contributed by atoms with Crippen LogP contribution in [0.3, 0.4) is 0 Å². The smallest absolute Gasteiger partial charge is 0.238 e. The van der Waals surface area contributed by atoms with E-state index in [-0.39, 0.29) is 19.0 Å². The molecule has 0 saturated carbocycles. The summed E-state index contributed by atoms with van der Waals surface area (Å²) in [6.07, 6.45) is 1.19. The predicted molar refractivity (Wildman–Crippen MR) is 84.6 cm³/mol. The van der Waals surface area contributed by atoms with Crippen molar-refractivity contribution < 1.29 is 13.2 Å². The van der Waals surface area contributed by atoms with Gasteiger partial charge in [0, 0.05) is 23.0 Å². The van der Waals surface area contributed by atoms with Crippen LogP contribution in [-0.4, -0.2) is 38.4 Å². The van der Waals surface area contributed by atoms with Gasteiger partial charge in [-0.25, -0.2) is 8.42 Å². The first-order valence-corrected chi connectivity index (χ1v) is 8.76. The molecular weight excluding hydrogens is 344 g/mol. The molecule has 0 radical (unpaired) electrons. The van der Waals surface area contributed by atoms with Crippen LogP contribution >= 0.6 is 15.9 Å². The van der Waals surface area contributed by atoms with Gasteiger partial charge in [0.05, 0.1) is 11.3 Å². The molecule has 0 aliphatic heterocycles. The highest BCUT2D eigenvalue weighted by molar-refractivity contribution is 9.10. The van der Waals surface area contributed by atoms with Crippen LogP contribution in [0.4, 0.5) is 5.69 Å². The molecule has 112 valence electrons. The second-order valence-corrected chi connectivity index (χ2v) is 8.76. The van der Waals surface area contributed by atoms with Crippen molar-refractivity contribution >= 4 is 37.4 Å². The summed E-state index contributed by atoms with van der Waals surface area (Å²) in [5, 5.41) is 5.59. The highest BCUT2D eigenvalue weighted by Crippen LogP contribution is 2.14. The Hall–Kier alpha value is -0.920. The molecule has 0 unspecified atom stereocenters. The number of rotatable bonds is 6. The fourth-order valence-corrected chi connectivity index (χ4v) is 1.98. The van der Waals surface area contributed by atoms with Crippen LogP contribution in [0.1, 0.15) is 13.8 Å². The molecule has 5 nitrogen and oxygen atoms in total. The molecule has 0 atom stereocenters. The van der Waals surface area contributed by atoms with Gasteiger partial charge in [0.15, 0.2) is 9.84 Å². The van der Waals surface area contributed by atoms with E-state index in [0.717, 1.165) is 4.47 Å². The molecule has 1 amide bonds. The highest BCUT2D eigenvalue weighted by atomic mass is 79.9. The maximum atomic E-state index is 11.7. The second-order valence-electron chi connectivity index (χ2n) is 5.19. The molecule has 0 saturated heterocycles. The molecular formula is C13H19BrN2O3S. The number of sulfone groups is 1. The number of carbonyl (C=O) groups is 1. The molecule has 0 fully saturated rings. The van der Waals surface area contributed by atoms with Crippen LogP contribution in [0, 0.1) is 0 Å². The molecule has 20 heavy (non-hydrogen) atoms. The maximum absolute atomic E-state index is 11.7. The molecule has 1 aromatic rings. The predicted octanol–water partition coefficient (Wildman–Crippen LogP) is 1.80. The summed E-state index contributed by atoms with van der Waals surface area (Å²) in [6.45, 7) is 3.54. The molecule has 2 N–H and O–H groups in total. The van der Waals surface area contributed by atoms with Crippen LogP contribution in [0.2, 0.25) is 0 Å². The van der Waals surface area contributed by atoms with Crippen LogP contribution in [-0.2, 0) is 14.6 Å². The van der Waals surface area contributed by atoms with E-state index in [0.29, 0.717) is 5.69 Å². The zero-order valence-corrected chi connectivity index (χ0v) is 14.1. The Morgan fingerprint density at radius 1 is 1.25 bits per heavy atom. The second kappa shape index (κ2) is 6.69. The van der Waals surface area contributed by atoms with Crippen molar-refractivity contribution in [3.05, 3.63) is 28.7 Å². The maximum Gasteiger partial charge on any atom is 0.238 e. The lowest BCUT2D eigenvalue weighted by Crippen LogP contribution is -2.43. The summed E-state index contributed by atoms with van der Waals surface area (Å²) in [5.41, 5.74) is 0.697. The first-order chi connectivity index (χ1) is 9.12. The molecule has 0 aliphatic rings. The first-order valence-electron chi connectivity index (χ1n) is 6.07. The van der Waals surface area contributed by atoms with Gasteiger partial charge in [-0.1, -0.05) is 15.9 Å². The summed E-state index contributed by atoms with van der Waals surface area (Å²) >= 11 is 3.31. The van der Waals surface area contributed by atoms with Crippen LogP contribution in [0.25, 0.3) is 0 Å². The molecule has 1 rings (SSSR count). The van der Waals surface area contributed by atoms with E-state index in [1.807, 2.05) is 12.1 Å². The molecule has 0 aliphatic carbocycles. The number of halogens is 1. The third-order valence-electron chi connectivity index (χ3n) is 2.97. The molecule has 7 heteroatoms. The quantitative estimate of drug-likeness (QED) is 0.808. The summed E-state index contributed by atoms with van der Waals surface area (Å²) in [6, 6.07) is 7.22. The summed E-state index contributed by atoms with van der Waals surface area (Å²) < 4.78 is 23.0. The fourth-order valence-electron chi connectivity index (χ4n) is 1.35. The van der Waals surface area contributed by atoms with Gasteiger partial charge in [-0.05, 0) is 38.1 Å². The average Bonchev–Trinajstić information content (AvgIpc) is 2.30. The van der Waals surface area contributed by atoms with Crippen LogP contribution < -0.4 is 10.6 Å². The lowest BCUT2D eigenvalue weighted by Gasteiger charge is -2.22. The third kappa shape index (κ3) is 5.22. The number of amides is 1. The lowest BCUT2D eigenvalue weighted by molar-refractivity contribution is -0.115. The highest BCUT2D eigenvalue weighted by Gasteiger charge is 2.29. The summed E-state index contributed by atoms with van der Waals surface area (Å²) in [5.74, 6) is -0.211. The van der Waals surface area contributed by atoms with Gasteiger partial charge in [0.25, 0.3) is 0 Å². The van der Waals surface area contributed by atoms with E-state index in [1.165, 1.54) is 6.26 Å². The van der Waals surface area contributed by atoms with Crippen LogP contribution in [0.15, 0.2) is 28.7 Å². The van der Waals surface area contributed by atoms with E-state index >= 15 is 0 Å². The molecule has 0 spiro atoms. The number of hydrogen-bond donors (Lipinski definition) is 2. The number of nitrogens with one attached hydrogen (secondary N) is 2. The molecule has 1 aromatic carbocycles. The number of hydrogen-bond acceptors (Lipinski definition) is 4. The van der Waals surface area contributed by atoms with Crippen molar-refractivity contribution in [2.75, 3.05) is 24.7 Å². The largest absolute Gasteiger partial charge is 0.325 e. The van der Waals surface area contributed by atoms with Crippen molar-refractivity contribution in [1.29, 1.82) is 0 Å². The van der Waals surface area contributed by atoms with Gasteiger partial charge in [0.1, 0.15) is 0 Å². The monoisotopic (exact) mass is 362 g/mol. The Labute approximate surface area is 128 Å². The molecule has 0 aromatic heterocycles. The van der Waals surface area contributed by atoms with Crippen molar-refractivity contribution in [3.8, 4) is 0 Å². The zero-order valence-electron chi connectivity index (χ0n) is 11.7.